The van der Waals surface area contributed by atoms with Crippen LogP contribution < -0.4 is 5.32 Å². The lowest BCUT2D eigenvalue weighted by atomic mass is 10.2. The Morgan fingerprint density at radius 1 is 1.54 bits per heavy atom. The van der Waals surface area contributed by atoms with E-state index in [1.807, 2.05) is 12.6 Å². The van der Waals surface area contributed by atoms with Gasteiger partial charge in [0.15, 0.2) is 0 Å². The Hall–Kier alpha value is -0.450. The minimum absolute atomic E-state index is 0.869. The highest BCUT2D eigenvalue weighted by Crippen LogP contribution is 2.26. The smallest absolute Gasteiger partial charge is 0.0816 e. The fourth-order valence-corrected chi connectivity index (χ4v) is 2.58. The molecule has 1 aromatic carbocycles. The standard InChI is InChI=1S/C9H9BrN2S/c1-11-4-6-2-8-9(3-7(6)10)13-5-12-8/h2-3,5,11H,4H2,1H3. The Labute approximate surface area is 89.1 Å². The quantitative estimate of drug-likeness (QED) is 0.894. The fraction of sp³-hybridized carbons (Fsp3) is 0.222. The molecule has 2 nitrogen and oxygen atoms in total. The van der Waals surface area contributed by atoms with Crippen LogP contribution in [0.4, 0.5) is 0 Å². The predicted molar refractivity (Wildman–Crippen MR) is 60.1 cm³/mol. The van der Waals surface area contributed by atoms with Gasteiger partial charge in [-0.3, -0.25) is 0 Å². The van der Waals surface area contributed by atoms with Crippen LogP contribution in [0.25, 0.3) is 10.2 Å². The number of benzene rings is 1. The molecule has 1 N–H and O–H groups in total. The molecule has 0 spiro atoms. The fourth-order valence-electron chi connectivity index (χ4n) is 1.25. The number of hydrogen-bond donors (Lipinski definition) is 1. The number of rotatable bonds is 2. The van der Waals surface area contributed by atoms with Crippen molar-refractivity contribution >= 4 is 37.5 Å². The summed E-state index contributed by atoms with van der Waals surface area (Å²) in [5.41, 5.74) is 4.21. The molecule has 0 saturated carbocycles. The van der Waals surface area contributed by atoms with Crippen LogP contribution in [0.3, 0.4) is 0 Å². The monoisotopic (exact) mass is 256 g/mol. The van der Waals surface area contributed by atoms with Crippen LogP contribution in [0.5, 0.6) is 0 Å². The number of nitrogens with zero attached hydrogens (tertiary/aromatic N) is 1. The molecule has 0 bridgehead atoms. The number of aromatic nitrogens is 1. The first-order valence-corrected chi connectivity index (χ1v) is 5.65. The molecule has 0 saturated heterocycles. The Morgan fingerprint density at radius 3 is 3.15 bits per heavy atom. The normalized spacial score (nSPS) is 10.9. The highest BCUT2D eigenvalue weighted by atomic mass is 79.9. The summed E-state index contributed by atoms with van der Waals surface area (Å²) in [5, 5.41) is 3.13. The third-order valence-electron chi connectivity index (χ3n) is 1.87. The van der Waals surface area contributed by atoms with E-state index in [4.69, 9.17) is 0 Å². The molecule has 4 heteroatoms. The van der Waals surface area contributed by atoms with E-state index in [1.54, 1.807) is 11.3 Å². The highest BCUT2D eigenvalue weighted by molar-refractivity contribution is 9.10. The van der Waals surface area contributed by atoms with Gasteiger partial charge in [-0.1, -0.05) is 15.9 Å². The molecule has 0 atom stereocenters. The second-order valence-corrected chi connectivity index (χ2v) is 4.53. The van der Waals surface area contributed by atoms with Crippen LogP contribution in [0.15, 0.2) is 22.1 Å². The second kappa shape index (κ2) is 3.74. The van der Waals surface area contributed by atoms with Gasteiger partial charge in [0.2, 0.25) is 0 Å². The van der Waals surface area contributed by atoms with Gasteiger partial charge in [0, 0.05) is 11.0 Å². The summed E-state index contributed by atoms with van der Waals surface area (Å²) in [6, 6.07) is 4.24. The first-order chi connectivity index (χ1) is 6.31. The van der Waals surface area contributed by atoms with E-state index in [2.05, 4.69) is 38.4 Å². The van der Waals surface area contributed by atoms with Crippen LogP contribution in [0.1, 0.15) is 5.56 Å². The van der Waals surface area contributed by atoms with Gasteiger partial charge in [0.25, 0.3) is 0 Å². The molecule has 0 fully saturated rings. The zero-order valence-electron chi connectivity index (χ0n) is 7.17. The van der Waals surface area contributed by atoms with Crippen LogP contribution in [0, 0.1) is 0 Å². The maximum Gasteiger partial charge on any atom is 0.0816 e. The molecule has 0 amide bonds. The van der Waals surface area contributed by atoms with Crippen molar-refractivity contribution in [2.45, 2.75) is 6.54 Å². The average Bonchev–Trinajstić information content (AvgIpc) is 2.52. The third kappa shape index (κ3) is 1.75. The number of fused-ring (bicyclic) bond motifs is 1. The van der Waals surface area contributed by atoms with Crippen molar-refractivity contribution < 1.29 is 0 Å². The molecule has 2 aromatic rings. The predicted octanol–water partition coefficient (Wildman–Crippen LogP) is 2.78. The SMILES string of the molecule is CNCc1cc2ncsc2cc1Br. The first kappa shape index (κ1) is 9.12. The summed E-state index contributed by atoms with van der Waals surface area (Å²) in [6.07, 6.45) is 0. The van der Waals surface area contributed by atoms with E-state index < -0.39 is 0 Å². The van der Waals surface area contributed by atoms with Crippen LogP contribution >= 0.6 is 27.3 Å². The molecular weight excluding hydrogens is 248 g/mol. The summed E-state index contributed by atoms with van der Waals surface area (Å²) in [6.45, 7) is 0.869. The molecule has 68 valence electrons. The second-order valence-electron chi connectivity index (χ2n) is 2.79. The molecule has 2 rings (SSSR count). The van der Waals surface area contributed by atoms with Gasteiger partial charge in [-0.2, -0.15) is 0 Å². The molecule has 0 aliphatic heterocycles. The Bertz CT molecular complexity index is 424. The van der Waals surface area contributed by atoms with E-state index in [9.17, 15) is 0 Å². The maximum absolute atomic E-state index is 4.27. The van der Waals surface area contributed by atoms with Crippen molar-refractivity contribution in [1.82, 2.24) is 10.3 Å². The lowest BCUT2D eigenvalue weighted by Crippen LogP contribution is -2.05. The lowest BCUT2D eigenvalue weighted by molar-refractivity contribution is 0.815. The average molecular weight is 257 g/mol. The van der Waals surface area contributed by atoms with E-state index in [1.165, 1.54) is 10.3 Å². The van der Waals surface area contributed by atoms with Crippen molar-refractivity contribution in [2.75, 3.05) is 7.05 Å². The van der Waals surface area contributed by atoms with Crippen molar-refractivity contribution in [3.63, 3.8) is 0 Å². The molecule has 13 heavy (non-hydrogen) atoms. The van der Waals surface area contributed by atoms with Gasteiger partial charge in [-0.05, 0) is 24.7 Å². The van der Waals surface area contributed by atoms with Crippen molar-refractivity contribution in [3.05, 3.63) is 27.7 Å². The Morgan fingerprint density at radius 2 is 2.38 bits per heavy atom. The molecule has 0 aliphatic rings. The van der Waals surface area contributed by atoms with Crippen LogP contribution in [0.2, 0.25) is 0 Å². The number of nitrogens with one attached hydrogen (secondary N) is 1. The van der Waals surface area contributed by atoms with Gasteiger partial charge in [-0.15, -0.1) is 11.3 Å². The van der Waals surface area contributed by atoms with Crippen LogP contribution in [-0.2, 0) is 6.54 Å². The molecule has 1 aromatic heterocycles. The minimum atomic E-state index is 0.869. The van der Waals surface area contributed by atoms with E-state index >= 15 is 0 Å². The molecule has 0 aliphatic carbocycles. The molecule has 0 unspecified atom stereocenters. The Balaban J connectivity index is 2.56. The van der Waals surface area contributed by atoms with Gasteiger partial charge >= 0.3 is 0 Å². The van der Waals surface area contributed by atoms with E-state index in [0.29, 0.717) is 0 Å². The summed E-state index contributed by atoms with van der Waals surface area (Å²) in [7, 11) is 1.94. The zero-order chi connectivity index (χ0) is 9.26. The van der Waals surface area contributed by atoms with Crippen molar-refractivity contribution in [3.8, 4) is 0 Å². The number of halogens is 1. The number of hydrogen-bond acceptors (Lipinski definition) is 3. The topological polar surface area (TPSA) is 24.9 Å². The van der Waals surface area contributed by atoms with Crippen molar-refractivity contribution in [2.24, 2.45) is 0 Å². The minimum Gasteiger partial charge on any atom is -0.316 e. The van der Waals surface area contributed by atoms with E-state index in [-0.39, 0.29) is 0 Å². The van der Waals surface area contributed by atoms with Gasteiger partial charge in [-0.25, -0.2) is 4.98 Å². The summed E-state index contributed by atoms with van der Waals surface area (Å²) in [5.74, 6) is 0. The summed E-state index contributed by atoms with van der Waals surface area (Å²) < 4.78 is 2.38. The molecule has 1 heterocycles. The first-order valence-electron chi connectivity index (χ1n) is 3.97. The zero-order valence-corrected chi connectivity index (χ0v) is 9.58. The van der Waals surface area contributed by atoms with Gasteiger partial charge in [0.1, 0.15) is 0 Å². The molecular formula is C9H9BrN2S. The maximum atomic E-state index is 4.27. The van der Waals surface area contributed by atoms with E-state index in [0.717, 1.165) is 16.5 Å². The largest absolute Gasteiger partial charge is 0.316 e. The lowest BCUT2D eigenvalue weighted by Gasteiger charge is -2.02. The molecule has 0 radical (unpaired) electrons. The number of thiazole rings is 1. The summed E-state index contributed by atoms with van der Waals surface area (Å²) >= 11 is 5.21. The van der Waals surface area contributed by atoms with Crippen molar-refractivity contribution in [1.29, 1.82) is 0 Å². The van der Waals surface area contributed by atoms with Crippen LogP contribution in [-0.4, -0.2) is 12.0 Å². The highest BCUT2D eigenvalue weighted by Gasteiger charge is 2.03. The van der Waals surface area contributed by atoms with Gasteiger partial charge in [0.05, 0.1) is 15.7 Å². The Kier molecular flexibility index (Phi) is 2.62. The van der Waals surface area contributed by atoms with Gasteiger partial charge < -0.3 is 5.32 Å². The summed E-state index contributed by atoms with van der Waals surface area (Å²) in [4.78, 5) is 4.27. The third-order valence-corrected chi connectivity index (χ3v) is 3.40.